The summed E-state index contributed by atoms with van der Waals surface area (Å²) in [6.45, 7) is 0.599. The van der Waals surface area contributed by atoms with Gasteiger partial charge in [0.25, 0.3) is 0 Å². The number of aromatic nitrogens is 1. The summed E-state index contributed by atoms with van der Waals surface area (Å²) in [7, 11) is -3.39. The molecule has 0 unspecified atom stereocenters. The molecule has 2 rings (SSSR count). The molecule has 0 radical (unpaired) electrons. The number of aliphatic hydroxyl groups excluding tert-OH is 1. The number of aliphatic hydroxyl groups is 1. The summed E-state index contributed by atoms with van der Waals surface area (Å²) in [5, 5.41) is 9.25. The minimum atomic E-state index is -3.39. The van der Waals surface area contributed by atoms with Gasteiger partial charge in [0.1, 0.15) is 0 Å². The Kier molecular flexibility index (Phi) is 2.34. The Labute approximate surface area is 82.4 Å². The molecule has 1 atom stereocenters. The Hall–Kier alpha value is -0.850. The maximum Gasteiger partial charge on any atom is 0.244 e. The molecular formula is C8H12N2O3S. The Balaban J connectivity index is 2.26. The predicted octanol–water partition coefficient (Wildman–Crippen LogP) is -0.230. The molecule has 0 aliphatic carbocycles. The number of rotatable bonds is 2. The molecule has 1 aliphatic heterocycles. The molecule has 2 heterocycles. The van der Waals surface area contributed by atoms with Crippen LogP contribution in [0.25, 0.3) is 0 Å². The van der Waals surface area contributed by atoms with Crippen molar-refractivity contribution in [2.75, 3.05) is 13.1 Å². The number of β-amino-alcohol motifs (C(OH)–C–C–N with tert-alkyl or cyclic N) is 1. The van der Waals surface area contributed by atoms with E-state index < -0.39 is 16.1 Å². The average Bonchev–Trinajstić information content (AvgIpc) is 2.72. The number of hydrogen-bond donors (Lipinski definition) is 2. The maximum atomic E-state index is 11.8. The summed E-state index contributed by atoms with van der Waals surface area (Å²) >= 11 is 0. The van der Waals surface area contributed by atoms with Crippen LogP contribution in [0, 0.1) is 0 Å². The third-order valence-corrected chi connectivity index (χ3v) is 4.19. The van der Waals surface area contributed by atoms with Crippen molar-refractivity contribution in [2.45, 2.75) is 17.4 Å². The van der Waals surface area contributed by atoms with Crippen LogP contribution in [0.1, 0.15) is 6.42 Å². The minimum absolute atomic E-state index is 0.202. The highest BCUT2D eigenvalue weighted by Crippen LogP contribution is 2.20. The molecule has 78 valence electrons. The largest absolute Gasteiger partial charge is 0.392 e. The quantitative estimate of drug-likeness (QED) is 0.717. The molecule has 0 saturated carbocycles. The molecule has 0 aromatic carbocycles. The maximum absolute atomic E-state index is 11.8. The predicted molar refractivity (Wildman–Crippen MR) is 50.2 cm³/mol. The lowest BCUT2D eigenvalue weighted by molar-refractivity contribution is 0.189. The van der Waals surface area contributed by atoms with E-state index in [1.165, 1.54) is 16.6 Å². The van der Waals surface area contributed by atoms with Gasteiger partial charge < -0.3 is 10.1 Å². The van der Waals surface area contributed by atoms with E-state index >= 15 is 0 Å². The zero-order valence-corrected chi connectivity index (χ0v) is 8.37. The topological polar surface area (TPSA) is 73.4 Å². The van der Waals surface area contributed by atoms with Gasteiger partial charge in [-0.2, -0.15) is 4.31 Å². The van der Waals surface area contributed by atoms with Gasteiger partial charge in [-0.1, -0.05) is 0 Å². The first-order valence-electron chi connectivity index (χ1n) is 4.42. The van der Waals surface area contributed by atoms with Crippen molar-refractivity contribution in [3.8, 4) is 0 Å². The second-order valence-corrected chi connectivity index (χ2v) is 5.29. The van der Waals surface area contributed by atoms with E-state index in [4.69, 9.17) is 0 Å². The van der Waals surface area contributed by atoms with Gasteiger partial charge in [0.2, 0.25) is 10.0 Å². The molecule has 1 aliphatic rings. The normalized spacial score (nSPS) is 24.2. The van der Waals surface area contributed by atoms with Crippen LogP contribution in [0.5, 0.6) is 0 Å². The van der Waals surface area contributed by atoms with E-state index in [0.717, 1.165) is 0 Å². The molecule has 0 bridgehead atoms. The Morgan fingerprint density at radius 1 is 1.57 bits per heavy atom. The lowest BCUT2D eigenvalue weighted by Gasteiger charge is -2.13. The van der Waals surface area contributed by atoms with Crippen LogP contribution in [0.3, 0.4) is 0 Å². The van der Waals surface area contributed by atoms with Crippen LogP contribution < -0.4 is 0 Å². The van der Waals surface area contributed by atoms with Gasteiger partial charge in [-0.3, -0.25) is 0 Å². The minimum Gasteiger partial charge on any atom is -0.392 e. The molecule has 6 heteroatoms. The monoisotopic (exact) mass is 216 g/mol. The first-order chi connectivity index (χ1) is 6.60. The van der Waals surface area contributed by atoms with Crippen molar-refractivity contribution in [3.05, 3.63) is 18.5 Å². The van der Waals surface area contributed by atoms with E-state index in [1.807, 2.05) is 0 Å². The lowest BCUT2D eigenvalue weighted by atomic mass is 10.3. The summed E-state index contributed by atoms with van der Waals surface area (Å²) in [5.74, 6) is 0. The third-order valence-electron chi connectivity index (χ3n) is 2.33. The molecule has 14 heavy (non-hydrogen) atoms. The van der Waals surface area contributed by atoms with Crippen molar-refractivity contribution in [2.24, 2.45) is 0 Å². The number of aromatic amines is 1. The molecular weight excluding hydrogens is 204 g/mol. The smallest absolute Gasteiger partial charge is 0.244 e. The second-order valence-electron chi connectivity index (χ2n) is 3.35. The van der Waals surface area contributed by atoms with Gasteiger partial charge in [0.05, 0.1) is 11.0 Å². The van der Waals surface area contributed by atoms with Gasteiger partial charge in [0, 0.05) is 25.5 Å². The van der Waals surface area contributed by atoms with Crippen molar-refractivity contribution in [1.82, 2.24) is 9.29 Å². The van der Waals surface area contributed by atoms with Gasteiger partial charge in [-0.25, -0.2) is 8.42 Å². The fraction of sp³-hybridized carbons (Fsp3) is 0.500. The number of nitrogens with one attached hydrogen (secondary N) is 1. The summed E-state index contributed by atoms with van der Waals surface area (Å²) in [6.07, 6.45) is 3.01. The summed E-state index contributed by atoms with van der Waals surface area (Å²) in [5.41, 5.74) is 0. The van der Waals surface area contributed by atoms with Crippen LogP contribution >= 0.6 is 0 Å². The van der Waals surface area contributed by atoms with Gasteiger partial charge in [0.15, 0.2) is 0 Å². The van der Waals surface area contributed by atoms with E-state index in [0.29, 0.717) is 13.0 Å². The first kappa shape index (κ1) is 9.70. The number of H-pyrrole nitrogens is 1. The molecule has 2 N–H and O–H groups in total. The molecule has 1 fully saturated rings. The third kappa shape index (κ3) is 1.56. The van der Waals surface area contributed by atoms with Crippen molar-refractivity contribution in [3.63, 3.8) is 0 Å². The van der Waals surface area contributed by atoms with Crippen LogP contribution in [0.4, 0.5) is 0 Å². The fourth-order valence-electron chi connectivity index (χ4n) is 1.55. The molecule has 1 aromatic rings. The van der Waals surface area contributed by atoms with Crippen LogP contribution in [-0.2, 0) is 10.0 Å². The number of nitrogens with zero attached hydrogens (tertiary/aromatic N) is 1. The van der Waals surface area contributed by atoms with Crippen LogP contribution in [-0.4, -0.2) is 42.0 Å². The molecule has 5 nitrogen and oxygen atoms in total. The van der Waals surface area contributed by atoms with Crippen LogP contribution in [0.15, 0.2) is 23.4 Å². The van der Waals surface area contributed by atoms with E-state index in [2.05, 4.69) is 4.98 Å². The number of sulfonamides is 1. The lowest BCUT2D eigenvalue weighted by Crippen LogP contribution is -2.29. The Morgan fingerprint density at radius 2 is 2.36 bits per heavy atom. The molecule has 1 aromatic heterocycles. The van der Waals surface area contributed by atoms with Gasteiger partial charge in [-0.15, -0.1) is 0 Å². The Morgan fingerprint density at radius 3 is 2.86 bits per heavy atom. The highest BCUT2D eigenvalue weighted by atomic mass is 32.2. The van der Waals surface area contributed by atoms with Crippen molar-refractivity contribution in [1.29, 1.82) is 0 Å². The second kappa shape index (κ2) is 3.38. The van der Waals surface area contributed by atoms with E-state index in [-0.39, 0.29) is 11.4 Å². The SMILES string of the molecule is O=S(=O)(c1cc[nH]c1)N1CC[C@@H](O)C1. The number of hydrogen-bond acceptors (Lipinski definition) is 3. The van der Waals surface area contributed by atoms with Crippen molar-refractivity contribution >= 4 is 10.0 Å². The summed E-state index contributed by atoms with van der Waals surface area (Å²) in [6, 6.07) is 1.51. The molecule has 1 saturated heterocycles. The zero-order valence-electron chi connectivity index (χ0n) is 7.55. The van der Waals surface area contributed by atoms with E-state index in [9.17, 15) is 13.5 Å². The average molecular weight is 216 g/mol. The highest BCUT2D eigenvalue weighted by molar-refractivity contribution is 7.89. The first-order valence-corrected chi connectivity index (χ1v) is 5.86. The molecule has 0 amide bonds. The van der Waals surface area contributed by atoms with Gasteiger partial charge >= 0.3 is 0 Å². The molecule has 0 spiro atoms. The van der Waals surface area contributed by atoms with Gasteiger partial charge in [-0.05, 0) is 12.5 Å². The van der Waals surface area contributed by atoms with Crippen LogP contribution in [0.2, 0.25) is 0 Å². The Bertz CT molecular complexity index is 398. The zero-order chi connectivity index (χ0) is 10.2. The van der Waals surface area contributed by atoms with Crippen molar-refractivity contribution < 1.29 is 13.5 Å². The summed E-state index contributed by atoms with van der Waals surface area (Å²) < 4.78 is 25.0. The highest BCUT2D eigenvalue weighted by Gasteiger charge is 2.31. The van der Waals surface area contributed by atoms with E-state index in [1.54, 1.807) is 6.20 Å². The standard InChI is InChI=1S/C8H12N2O3S/c11-7-2-4-10(6-7)14(12,13)8-1-3-9-5-8/h1,3,5,7,9,11H,2,4,6H2/t7-/m1/s1. The summed E-state index contributed by atoms with van der Waals surface area (Å²) in [4.78, 5) is 2.96. The fourth-order valence-corrected chi connectivity index (χ4v) is 3.02.